The Morgan fingerprint density at radius 3 is 2.78 bits per heavy atom. The Labute approximate surface area is 143 Å². The quantitative estimate of drug-likeness (QED) is 0.868. The lowest BCUT2D eigenvalue weighted by atomic mass is 10.0. The SMILES string of the molecule is COC[C@H](Nc1cccc(C(=O)N2CCSCC2)c1C)C1CC1. The first-order valence-corrected chi connectivity index (χ1v) is 9.58. The fraction of sp³-hybridized carbons (Fsp3) is 0.611. The molecule has 0 unspecified atom stereocenters. The van der Waals surface area contributed by atoms with Crippen LogP contribution in [0, 0.1) is 12.8 Å². The number of nitrogens with one attached hydrogen (secondary N) is 1. The van der Waals surface area contributed by atoms with E-state index in [9.17, 15) is 4.79 Å². The van der Waals surface area contributed by atoms with Crippen LogP contribution in [0.1, 0.15) is 28.8 Å². The van der Waals surface area contributed by atoms with E-state index in [1.165, 1.54) is 12.8 Å². The minimum Gasteiger partial charge on any atom is -0.383 e. The Balaban J connectivity index is 1.75. The maximum Gasteiger partial charge on any atom is 0.254 e. The largest absolute Gasteiger partial charge is 0.383 e. The lowest BCUT2D eigenvalue weighted by Gasteiger charge is -2.28. The maximum atomic E-state index is 12.8. The van der Waals surface area contributed by atoms with Crippen LogP contribution in [-0.4, -0.2) is 55.2 Å². The van der Waals surface area contributed by atoms with E-state index in [1.54, 1.807) is 7.11 Å². The summed E-state index contributed by atoms with van der Waals surface area (Å²) in [5, 5.41) is 3.61. The number of hydrogen-bond acceptors (Lipinski definition) is 4. The van der Waals surface area contributed by atoms with Crippen molar-refractivity contribution < 1.29 is 9.53 Å². The predicted octanol–water partition coefficient (Wildman–Crippen LogP) is 3.02. The number of nitrogens with zero attached hydrogens (tertiary/aromatic N) is 1. The zero-order valence-electron chi connectivity index (χ0n) is 14.0. The number of anilines is 1. The van der Waals surface area contributed by atoms with Crippen LogP contribution in [0.3, 0.4) is 0 Å². The van der Waals surface area contributed by atoms with Gasteiger partial charge in [0, 0.05) is 43.0 Å². The number of methoxy groups -OCH3 is 1. The molecule has 0 radical (unpaired) electrons. The smallest absolute Gasteiger partial charge is 0.254 e. The highest BCUT2D eigenvalue weighted by atomic mass is 32.2. The van der Waals surface area contributed by atoms with Gasteiger partial charge in [-0.1, -0.05) is 6.07 Å². The first kappa shape index (κ1) is 16.7. The summed E-state index contributed by atoms with van der Waals surface area (Å²) in [4.78, 5) is 14.8. The van der Waals surface area contributed by atoms with E-state index in [1.807, 2.05) is 35.7 Å². The second kappa shape index (κ2) is 7.58. The summed E-state index contributed by atoms with van der Waals surface area (Å²) in [6.07, 6.45) is 2.54. The molecule has 2 fully saturated rings. The van der Waals surface area contributed by atoms with Crippen LogP contribution in [0.15, 0.2) is 18.2 Å². The highest BCUT2D eigenvalue weighted by molar-refractivity contribution is 7.99. The molecule has 1 atom stereocenters. The molecule has 1 amide bonds. The van der Waals surface area contributed by atoms with Crippen molar-refractivity contribution in [1.82, 2.24) is 4.90 Å². The molecule has 0 aromatic heterocycles. The molecule has 1 aliphatic heterocycles. The van der Waals surface area contributed by atoms with Gasteiger partial charge in [0.15, 0.2) is 0 Å². The number of thioether (sulfide) groups is 1. The average Bonchev–Trinajstić information content (AvgIpc) is 3.41. The summed E-state index contributed by atoms with van der Waals surface area (Å²) in [5.41, 5.74) is 2.95. The zero-order chi connectivity index (χ0) is 16.2. The first-order valence-electron chi connectivity index (χ1n) is 8.43. The molecule has 126 valence electrons. The second-order valence-electron chi connectivity index (χ2n) is 6.43. The van der Waals surface area contributed by atoms with Crippen LogP contribution in [0.4, 0.5) is 5.69 Å². The molecule has 1 aromatic rings. The van der Waals surface area contributed by atoms with Crippen molar-refractivity contribution in [3.63, 3.8) is 0 Å². The molecule has 1 heterocycles. The Hall–Kier alpha value is -1.20. The number of rotatable bonds is 6. The van der Waals surface area contributed by atoms with Gasteiger partial charge in [-0.25, -0.2) is 0 Å². The van der Waals surface area contributed by atoms with Crippen molar-refractivity contribution in [3.8, 4) is 0 Å². The molecule has 1 aliphatic carbocycles. The Kier molecular flexibility index (Phi) is 5.49. The lowest BCUT2D eigenvalue weighted by molar-refractivity contribution is 0.0771. The monoisotopic (exact) mass is 334 g/mol. The highest BCUT2D eigenvalue weighted by Gasteiger charge is 2.31. The van der Waals surface area contributed by atoms with Gasteiger partial charge in [0.05, 0.1) is 12.6 Å². The van der Waals surface area contributed by atoms with E-state index in [-0.39, 0.29) is 5.91 Å². The van der Waals surface area contributed by atoms with E-state index in [2.05, 4.69) is 11.4 Å². The summed E-state index contributed by atoms with van der Waals surface area (Å²) in [6.45, 7) is 4.47. The van der Waals surface area contributed by atoms with Gasteiger partial charge in [-0.05, 0) is 43.4 Å². The Morgan fingerprint density at radius 1 is 1.39 bits per heavy atom. The van der Waals surface area contributed by atoms with Crippen molar-refractivity contribution in [2.75, 3.05) is 43.6 Å². The Bertz CT molecular complexity index is 554. The molecule has 1 N–H and O–H groups in total. The molecule has 0 spiro atoms. The van der Waals surface area contributed by atoms with Gasteiger partial charge >= 0.3 is 0 Å². The summed E-state index contributed by atoms with van der Waals surface area (Å²) in [7, 11) is 1.75. The topological polar surface area (TPSA) is 41.6 Å². The van der Waals surface area contributed by atoms with E-state index >= 15 is 0 Å². The lowest BCUT2D eigenvalue weighted by Crippen LogP contribution is -2.38. The molecule has 0 bridgehead atoms. The average molecular weight is 334 g/mol. The van der Waals surface area contributed by atoms with Gasteiger partial charge in [0.25, 0.3) is 5.91 Å². The van der Waals surface area contributed by atoms with Crippen LogP contribution in [-0.2, 0) is 4.74 Å². The zero-order valence-corrected chi connectivity index (χ0v) is 14.8. The van der Waals surface area contributed by atoms with Crippen molar-refractivity contribution in [2.24, 2.45) is 5.92 Å². The molecular weight excluding hydrogens is 308 g/mol. The number of benzene rings is 1. The molecule has 23 heavy (non-hydrogen) atoms. The van der Waals surface area contributed by atoms with E-state index < -0.39 is 0 Å². The molecule has 5 heteroatoms. The molecule has 1 saturated carbocycles. The van der Waals surface area contributed by atoms with Crippen molar-refractivity contribution in [3.05, 3.63) is 29.3 Å². The Morgan fingerprint density at radius 2 is 2.13 bits per heavy atom. The number of carbonyl (C=O) groups excluding carboxylic acids is 1. The van der Waals surface area contributed by atoms with Crippen LogP contribution in [0.25, 0.3) is 0 Å². The maximum absolute atomic E-state index is 12.8. The summed E-state index contributed by atoms with van der Waals surface area (Å²) in [5.74, 6) is 2.95. The fourth-order valence-corrected chi connectivity index (χ4v) is 4.04. The van der Waals surface area contributed by atoms with Crippen LogP contribution < -0.4 is 5.32 Å². The minimum absolute atomic E-state index is 0.168. The normalized spacial score (nSPS) is 19.5. The third-order valence-electron chi connectivity index (χ3n) is 4.74. The van der Waals surface area contributed by atoms with Crippen LogP contribution in [0.2, 0.25) is 0 Å². The van der Waals surface area contributed by atoms with Gasteiger partial charge in [0.2, 0.25) is 0 Å². The van der Waals surface area contributed by atoms with Gasteiger partial charge in [-0.2, -0.15) is 11.8 Å². The van der Waals surface area contributed by atoms with Crippen LogP contribution in [0.5, 0.6) is 0 Å². The van der Waals surface area contributed by atoms with Gasteiger partial charge in [0.1, 0.15) is 0 Å². The van der Waals surface area contributed by atoms with Gasteiger partial charge < -0.3 is 15.0 Å². The number of carbonyl (C=O) groups is 1. The van der Waals surface area contributed by atoms with Gasteiger partial charge in [-0.3, -0.25) is 4.79 Å². The standard InChI is InChI=1S/C18H26N2O2S/c1-13-15(18(21)20-8-10-23-11-9-20)4-3-5-16(13)19-17(12-22-2)14-6-7-14/h3-5,14,17,19H,6-12H2,1-2H3/t17-/m0/s1. The minimum atomic E-state index is 0.168. The first-order chi connectivity index (χ1) is 11.2. The predicted molar refractivity (Wildman–Crippen MR) is 96.4 cm³/mol. The van der Waals surface area contributed by atoms with E-state index in [4.69, 9.17) is 4.74 Å². The summed E-state index contributed by atoms with van der Waals surface area (Å²) >= 11 is 1.92. The van der Waals surface area contributed by atoms with E-state index in [0.29, 0.717) is 18.6 Å². The third kappa shape index (κ3) is 4.01. The second-order valence-corrected chi connectivity index (χ2v) is 7.65. The highest BCUT2D eigenvalue weighted by Crippen LogP contribution is 2.35. The molecule has 2 aliphatic rings. The third-order valence-corrected chi connectivity index (χ3v) is 5.68. The van der Waals surface area contributed by atoms with E-state index in [0.717, 1.165) is 41.4 Å². The molecule has 3 rings (SSSR count). The van der Waals surface area contributed by atoms with Gasteiger partial charge in [-0.15, -0.1) is 0 Å². The molecular formula is C18H26N2O2S. The summed E-state index contributed by atoms with van der Waals surface area (Å²) < 4.78 is 5.35. The summed E-state index contributed by atoms with van der Waals surface area (Å²) in [6, 6.07) is 6.35. The molecule has 1 aromatic carbocycles. The molecule has 4 nitrogen and oxygen atoms in total. The van der Waals surface area contributed by atoms with Crippen LogP contribution >= 0.6 is 11.8 Å². The number of amides is 1. The van der Waals surface area contributed by atoms with Crippen molar-refractivity contribution in [2.45, 2.75) is 25.8 Å². The number of ether oxygens (including phenoxy) is 1. The van der Waals surface area contributed by atoms with Crippen molar-refractivity contribution in [1.29, 1.82) is 0 Å². The molecule has 1 saturated heterocycles. The fourth-order valence-electron chi connectivity index (χ4n) is 3.13. The number of hydrogen-bond donors (Lipinski definition) is 1. The van der Waals surface area contributed by atoms with Crippen molar-refractivity contribution >= 4 is 23.4 Å².